The molecule has 2 rings (SSSR count). The third kappa shape index (κ3) is 5.23. The Hall–Kier alpha value is -2.11. The summed E-state index contributed by atoms with van der Waals surface area (Å²) in [6, 6.07) is 3.27. The van der Waals surface area contributed by atoms with E-state index in [9.17, 15) is 9.59 Å². The summed E-state index contributed by atoms with van der Waals surface area (Å²) >= 11 is 0. The number of ether oxygens (including phenoxy) is 1. The van der Waals surface area contributed by atoms with Crippen LogP contribution in [-0.2, 0) is 16.1 Å². The third-order valence-electron chi connectivity index (χ3n) is 3.62. The van der Waals surface area contributed by atoms with Crippen molar-refractivity contribution < 1.29 is 14.3 Å². The number of hydrogen-bond donors (Lipinski definition) is 1. The standard InChI is InChI=1S/C17H25N3O3/c1-17(2,3)23-16(22)20-10-5-4-8-14(20)15(21)19-12-13-7-6-9-18-11-13/h6-7,9,11,14H,4-5,8,10,12H2,1-3H3,(H,19,21)/t14-/m1/s1. The summed E-state index contributed by atoms with van der Waals surface area (Å²) in [5.41, 5.74) is 0.367. The summed E-state index contributed by atoms with van der Waals surface area (Å²) in [7, 11) is 0. The summed E-state index contributed by atoms with van der Waals surface area (Å²) in [5, 5.41) is 2.89. The Kier molecular flexibility index (Phi) is 5.58. The number of rotatable bonds is 3. The van der Waals surface area contributed by atoms with Crippen LogP contribution in [-0.4, -0.2) is 40.1 Å². The van der Waals surface area contributed by atoms with Crippen LogP contribution < -0.4 is 5.32 Å². The lowest BCUT2D eigenvalue weighted by atomic mass is 10.0. The van der Waals surface area contributed by atoms with Crippen molar-refractivity contribution in [3.05, 3.63) is 30.1 Å². The van der Waals surface area contributed by atoms with E-state index in [1.54, 1.807) is 17.3 Å². The molecule has 1 aliphatic rings. The van der Waals surface area contributed by atoms with E-state index in [2.05, 4.69) is 10.3 Å². The zero-order chi connectivity index (χ0) is 16.9. The van der Waals surface area contributed by atoms with Crippen LogP contribution in [0, 0.1) is 0 Å². The van der Waals surface area contributed by atoms with Gasteiger partial charge in [-0.25, -0.2) is 4.79 Å². The van der Waals surface area contributed by atoms with E-state index in [-0.39, 0.29) is 5.91 Å². The largest absolute Gasteiger partial charge is 0.444 e. The molecule has 1 saturated heterocycles. The number of carbonyl (C=O) groups excluding carboxylic acids is 2. The molecule has 0 spiro atoms. The lowest BCUT2D eigenvalue weighted by Gasteiger charge is -2.35. The van der Waals surface area contributed by atoms with E-state index >= 15 is 0 Å². The Labute approximate surface area is 137 Å². The topological polar surface area (TPSA) is 71.5 Å². The van der Waals surface area contributed by atoms with Gasteiger partial charge in [0.25, 0.3) is 0 Å². The molecule has 0 saturated carbocycles. The van der Waals surface area contributed by atoms with Crippen LogP contribution in [0.5, 0.6) is 0 Å². The first kappa shape index (κ1) is 17.2. The highest BCUT2D eigenvalue weighted by Crippen LogP contribution is 2.20. The average molecular weight is 319 g/mol. The van der Waals surface area contributed by atoms with Crippen LogP contribution in [0.25, 0.3) is 0 Å². The Balaban J connectivity index is 1.97. The molecule has 2 amide bonds. The number of hydrogen-bond acceptors (Lipinski definition) is 4. The number of nitrogens with one attached hydrogen (secondary N) is 1. The van der Waals surface area contributed by atoms with E-state index in [1.165, 1.54) is 0 Å². The van der Waals surface area contributed by atoms with E-state index in [0.717, 1.165) is 18.4 Å². The molecule has 126 valence electrons. The van der Waals surface area contributed by atoms with Gasteiger partial charge in [-0.05, 0) is 51.7 Å². The Morgan fingerprint density at radius 1 is 1.39 bits per heavy atom. The van der Waals surface area contributed by atoms with Crippen molar-refractivity contribution >= 4 is 12.0 Å². The molecule has 0 bridgehead atoms. The van der Waals surface area contributed by atoms with Crippen molar-refractivity contribution in [1.29, 1.82) is 0 Å². The molecule has 0 unspecified atom stereocenters. The van der Waals surface area contributed by atoms with Gasteiger partial charge in [0.15, 0.2) is 0 Å². The maximum atomic E-state index is 12.5. The number of carbonyl (C=O) groups is 2. The van der Waals surface area contributed by atoms with Gasteiger partial charge >= 0.3 is 6.09 Å². The van der Waals surface area contributed by atoms with Crippen molar-refractivity contribution in [1.82, 2.24) is 15.2 Å². The van der Waals surface area contributed by atoms with Crippen LogP contribution in [0.4, 0.5) is 4.79 Å². The molecule has 1 aliphatic heterocycles. The van der Waals surface area contributed by atoms with Gasteiger partial charge in [0.2, 0.25) is 5.91 Å². The molecule has 2 heterocycles. The second-order valence-electron chi connectivity index (χ2n) is 6.76. The Morgan fingerprint density at radius 3 is 2.83 bits per heavy atom. The number of amides is 2. The molecule has 0 radical (unpaired) electrons. The highest BCUT2D eigenvalue weighted by molar-refractivity contribution is 5.85. The molecule has 1 N–H and O–H groups in total. The second-order valence-corrected chi connectivity index (χ2v) is 6.76. The molecule has 0 aliphatic carbocycles. The molecular formula is C17H25N3O3. The number of piperidine rings is 1. The van der Waals surface area contributed by atoms with Crippen LogP contribution in [0.3, 0.4) is 0 Å². The predicted octanol–water partition coefficient (Wildman–Crippen LogP) is 2.49. The number of likely N-dealkylation sites (tertiary alicyclic amines) is 1. The minimum absolute atomic E-state index is 0.139. The smallest absolute Gasteiger partial charge is 0.410 e. The molecule has 1 aromatic rings. The highest BCUT2D eigenvalue weighted by atomic mass is 16.6. The van der Waals surface area contributed by atoms with Crippen LogP contribution in [0.2, 0.25) is 0 Å². The van der Waals surface area contributed by atoms with Crippen molar-refractivity contribution in [2.45, 2.75) is 58.2 Å². The van der Waals surface area contributed by atoms with Gasteiger partial charge in [-0.1, -0.05) is 6.07 Å². The zero-order valence-corrected chi connectivity index (χ0v) is 14.0. The predicted molar refractivity (Wildman–Crippen MR) is 86.7 cm³/mol. The van der Waals surface area contributed by atoms with Crippen molar-refractivity contribution in [3.8, 4) is 0 Å². The SMILES string of the molecule is CC(C)(C)OC(=O)N1CCCC[C@@H]1C(=O)NCc1cccnc1. The average Bonchev–Trinajstić information content (AvgIpc) is 2.52. The van der Waals surface area contributed by atoms with Crippen LogP contribution >= 0.6 is 0 Å². The monoisotopic (exact) mass is 319 g/mol. The van der Waals surface area contributed by atoms with Crippen molar-refractivity contribution in [2.75, 3.05) is 6.54 Å². The summed E-state index contributed by atoms with van der Waals surface area (Å²) in [5.74, 6) is -0.139. The third-order valence-corrected chi connectivity index (χ3v) is 3.62. The van der Waals surface area contributed by atoms with Crippen LogP contribution in [0.15, 0.2) is 24.5 Å². The van der Waals surface area contributed by atoms with Crippen molar-refractivity contribution in [2.24, 2.45) is 0 Å². The fourth-order valence-electron chi connectivity index (χ4n) is 2.55. The second kappa shape index (κ2) is 7.44. The molecule has 23 heavy (non-hydrogen) atoms. The van der Waals surface area contributed by atoms with Crippen LogP contribution in [0.1, 0.15) is 45.6 Å². The van der Waals surface area contributed by atoms with E-state index in [1.807, 2.05) is 32.9 Å². The highest BCUT2D eigenvalue weighted by Gasteiger charge is 2.34. The molecular weight excluding hydrogens is 294 g/mol. The fourth-order valence-corrected chi connectivity index (χ4v) is 2.55. The van der Waals surface area contributed by atoms with E-state index in [4.69, 9.17) is 4.74 Å². The molecule has 1 aromatic heterocycles. The number of aromatic nitrogens is 1. The number of nitrogens with zero attached hydrogens (tertiary/aromatic N) is 2. The summed E-state index contributed by atoms with van der Waals surface area (Å²) in [6.07, 6.45) is 5.48. The minimum Gasteiger partial charge on any atom is -0.444 e. The van der Waals surface area contributed by atoms with Gasteiger partial charge in [-0.2, -0.15) is 0 Å². The van der Waals surface area contributed by atoms with Gasteiger partial charge < -0.3 is 10.1 Å². The molecule has 6 heteroatoms. The minimum atomic E-state index is -0.564. The Bertz CT molecular complexity index is 540. The van der Waals surface area contributed by atoms with Crippen molar-refractivity contribution in [3.63, 3.8) is 0 Å². The molecule has 1 atom stereocenters. The quantitative estimate of drug-likeness (QED) is 0.929. The molecule has 0 aromatic carbocycles. The summed E-state index contributed by atoms with van der Waals surface area (Å²) < 4.78 is 5.42. The molecule has 1 fully saturated rings. The maximum Gasteiger partial charge on any atom is 0.410 e. The first-order valence-electron chi connectivity index (χ1n) is 8.03. The van der Waals surface area contributed by atoms with E-state index in [0.29, 0.717) is 19.5 Å². The fraction of sp³-hybridized carbons (Fsp3) is 0.588. The summed E-state index contributed by atoms with van der Waals surface area (Å²) in [4.78, 5) is 30.4. The first-order chi connectivity index (χ1) is 10.9. The first-order valence-corrected chi connectivity index (χ1v) is 8.03. The lowest BCUT2D eigenvalue weighted by Crippen LogP contribution is -2.52. The Morgan fingerprint density at radius 2 is 2.17 bits per heavy atom. The van der Waals surface area contributed by atoms with Gasteiger partial charge in [-0.15, -0.1) is 0 Å². The van der Waals surface area contributed by atoms with Gasteiger partial charge in [-0.3, -0.25) is 14.7 Å². The van der Waals surface area contributed by atoms with Gasteiger partial charge in [0.05, 0.1) is 0 Å². The normalized spacial score (nSPS) is 18.4. The summed E-state index contributed by atoms with van der Waals surface area (Å²) in [6.45, 7) is 6.44. The zero-order valence-electron chi connectivity index (χ0n) is 14.0. The van der Waals surface area contributed by atoms with Gasteiger partial charge in [0, 0.05) is 25.5 Å². The lowest BCUT2D eigenvalue weighted by molar-refractivity contribution is -0.127. The van der Waals surface area contributed by atoms with E-state index < -0.39 is 17.7 Å². The number of pyridine rings is 1. The molecule has 6 nitrogen and oxygen atoms in total. The van der Waals surface area contributed by atoms with Gasteiger partial charge in [0.1, 0.15) is 11.6 Å². The maximum absolute atomic E-state index is 12.5.